The molecule has 5 aromatic rings. The number of aromatic nitrogens is 1. The highest BCUT2D eigenvalue weighted by atomic mass is 32.2. The minimum absolute atomic E-state index is 0.0713. The molecule has 44 heavy (non-hydrogen) atoms. The minimum Gasteiger partial charge on any atom is -0.497 e. The second-order valence-electron chi connectivity index (χ2n) is 9.65. The summed E-state index contributed by atoms with van der Waals surface area (Å²) in [5.41, 5.74) is 5.14. The first-order valence-corrected chi connectivity index (χ1v) is 15.1. The summed E-state index contributed by atoms with van der Waals surface area (Å²) >= 11 is 1.22. The maximum Gasteiger partial charge on any atom is 0.234 e. The molecule has 1 N–H and O–H groups in total. The highest BCUT2D eigenvalue weighted by molar-refractivity contribution is 8.00. The van der Waals surface area contributed by atoms with Crippen LogP contribution >= 0.6 is 11.8 Å². The molecule has 0 radical (unpaired) electrons. The van der Waals surface area contributed by atoms with Crippen molar-refractivity contribution in [2.45, 2.75) is 18.6 Å². The molecule has 0 spiro atoms. The number of nitrogens with zero attached hydrogens (tertiary/aromatic N) is 2. The first-order chi connectivity index (χ1) is 21.6. The van der Waals surface area contributed by atoms with Crippen LogP contribution < -0.4 is 19.5 Å². The molecular weight excluding hydrogens is 570 g/mol. The maximum absolute atomic E-state index is 12.9. The van der Waals surface area contributed by atoms with Crippen LogP contribution in [0.4, 0.5) is 5.69 Å². The zero-order valence-corrected chi connectivity index (χ0v) is 25.3. The summed E-state index contributed by atoms with van der Waals surface area (Å²) in [5, 5.41) is 13.7. The molecule has 0 unspecified atom stereocenters. The maximum atomic E-state index is 12.9. The molecule has 8 heteroatoms. The Labute approximate surface area is 261 Å². The normalized spacial score (nSPS) is 10.5. The number of hydrogen-bond donors (Lipinski definition) is 1. The van der Waals surface area contributed by atoms with Gasteiger partial charge in [0.2, 0.25) is 5.91 Å². The Hall–Kier alpha value is -5.26. The van der Waals surface area contributed by atoms with Crippen molar-refractivity contribution in [3.63, 3.8) is 0 Å². The number of carbonyl (C=O) groups is 1. The van der Waals surface area contributed by atoms with Gasteiger partial charge in [0.05, 0.1) is 30.7 Å². The number of pyridine rings is 1. The number of carbonyl (C=O) groups excluding carboxylic acids is 1. The predicted molar refractivity (Wildman–Crippen MR) is 174 cm³/mol. The Morgan fingerprint density at radius 1 is 0.864 bits per heavy atom. The third kappa shape index (κ3) is 7.57. The lowest BCUT2D eigenvalue weighted by Crippen LogP contribution is -2.14. The third-order valence-electron chi connectivity index (χ3n) is 6.67. The number of benzene rings is 4. The summed E-state index contributed by atoms with van der Waals surface area (Å²) in [6.45, 7) is 2.77. The van der Waals surface area contributed by atoms with Crippen LogP contribution in [-0.2, 0) is 11.4 Å². The minimum atomic E-state index is -0.212. The Bertz CT molecular complexity index is 1760. The molecule has 1 amide bonds. The van der Waals surface area contributed by atoms with Crippen molar-refractivity contribution < 1.29 is 19.0 Å². The molecule has 0 saturated carbocycles. The first kappa shape index (κ1) is 30.2. The largest absolute Gasteiger partial charge is 0.497 e. The second kappa shape index (κ2) is 14.8. The molecule has 0 aliphatic heterocycles. The van der Waals surface area contributed by atoms with Gasteiger partial charge in [0.15, 0.2) is 11.5 Å². The molecule has 7 nitrogen and oxygen atoms in total. The fraction of sp³-hybridized carbons (Fsp3) is 0.139. The Morgan fingerprint density at radius 3 is 2.27 bits per heavy atom. The zero-order chi connectivity index (χ0) is 30.7. The van der Waals surface area contributed by atoms with Crippen LogP contribution in [0, 0.1) is 11.3 Å². The van der Waals surface area contributed by atoms with Gasteiger partial charge in [0.1, 0.15) is 23.5 Å². The van der Waals surface area contributed by atoms with Crippen LogP contribution in [0.25, 0.3) is 22.4 Å². The van der Waals surface area contributed by atoms with E-state index in [2.05, 4.69) is 11.4 Å². The average molecular weight is 602 g/mol. The molecular formula is C36H31N3O4S. The topological polar surface area (TPSA) is 93.5 Å². The fourth-order valence-corrected chi connectivity index (χ4v) is 5.33. The molecule has 220 valence electrons. The highest BCUT2D eigenvalue weighted by Crippen LogP contribution is 2.38. The van der Waals surface area contributed by atoms with Gasteiger partial charge in [0, 0.05) is 16.8 Å². The Balaban J connectivity index is 1.46. The van der Waals surface area contributed by atoms with E-state index in [1.54, 1.807) is 31.4 Å². The first-order valence-electron chi connectivity index (χ1n) is 14.1. The summed E-state index contributed by atoms with van der Waals surface area (Å²) in [6.07, 6.45) is 0. The Morgan fingerprint density at radius 2 is 1.59 bits per heavy atom. The number of ether oxygens (including phenoxy) is 3. The number of nitriles is 1. The molecule has 4 aromatic carbocycles. The molecule has 0 fully saturated rings. The van der Waals surface area contributed by atoms with Crippen molar-refractivity contribution in [3.05, 3.63) is 120 Å². The van der Waals surface area contributed by atoms with Gasteiger partial charge in [-0.15, -0.1) is 0 Å². The van der Waals surface area contributed by atoms with E-state index in [1.165, 1.54) is 11.8 Å². The lowest BCUT2D eigenvalue weighted by molar-refractivity contribution is -0.113. The van der Waals surface area contributed by atoms with Crippen molar-refractivity contribution in [1.29, 1.82) is 5.26 Å². The highest BCUT2D eigenvalue weighted by Gasteiger charge is 2.19. The van der Waals surface area contributed by atoms with Gasteiger partial charge in [-0.1, -0.05) is 78.5 Å². The number of amides is 1. The van der Waals surface area contributed by atoms with Gasteiger partial charge in [-0.2, -0.15) is 5.26 Å². The third-order valence-corrected chi connectivity index (χ3v) is 7.65. The summed E-state index contributed by atoms with van der Waals surface area (Å²) in [7, 11) is 1.59. The molecule has 0 saturated heterocycles. The van der Waals surface area contributed by atoms with E-state index in [0.717, 1.165) is 16.7 Å². The van der Waals surface area contributed by atoms with Gasteiger partial charge >= 0.3 is 0 Å². The van der Waals surface area contributed by atoms with Crippen molar-refractivity contribution in [2.24, 2.45) is 0 Å². The molecule has 1 heterocycles. The number of methoxy groups -OCH3 is 1. The van der Waals surface area contributed by atoms with E-state index in [1.807, 2.05) is 91.9 Å². The van der Waals surface area contributed by atoms with E-state index < -0.39 is 0 Å². The van der Waals surface area contributed by atoms with Crippen LogP contribution in [0.2, 0.25) is 0 Å². The molecule has 0 bridgehead atoms. The molecule has 1 aromatic heterocycles. The molecule has 0 atom stereocenters. The van der Waals surface area contributed by atoms with Crippen LogP contribution in [0.5, 0.6) is 17.2 Å². The van der Waals surface area contributed by atoms with Gasteiger partial charge in [-0.3, -0.25) is 4.79 Å². The van der Waals surface area contributed by atoms with Crippen LogP contribution in [0.3, 0.4) is 0 Å². The van der Waals surface area contributed by atoms with E-state index in [0.29, 0.717) is 58.0 Å². The van der Waals surface area contributed by atoms with Crippen molar-refractivity contribution in [3.8, 4) is 45.7 Å². The number of rotatable bonds is 12. The fourth-order valence-electron chi connectivity index (χ4n) is 4.52. The van der Waals surface area contributed by atoms with E-state index >= 15 is 0 Å². The summed E-state index contributed by atoms with van der Waals surface area (Å²) in [4.78, 5) is 17.7. The lowest BCUT2D eigenvalue weighted by Gasteiger charge is -2.16. The van der Waals surface area contributed by atoms with Crippen LogP contribution in [0.15, 0.2) is 114 Å². The van der Waals surface area contributed by atoms with Crippen LogP contribution in [0.1, 0.15) is 18.1 Å². The van der Waals surface area contributed by atoms with Crippen molar-refractivity contribution in [2.75, 3.05) is 24.8 Å². The number of nitrogens with one attached hydrogen (secondary N) is 1. The standard InChI is InChI=1S/C36H31N3O4S/c1-3-42-34-20-27(14-19-33(34)43-23-25-10-6-4-7-11-25)30-21-32(26-12-8-5-9-13-26)39-36(31(30)22-37)44-24-35(40)38-28-15-17-29(41-2)18-16-28/h4-21H,3,23-24H2,1-2H3,(H,38,40). The van der Waals surface area contributed by atoms with Crippen LogP contribution in [-0.4, -0.2) is 30.4 Å². The monoisotopic (exact) mass is 601 g/mol. The van der Waals surface area contributed by atoms with Gasteiger partial charge < -0.3 is 19.5 Å². The smallest absolute Gasteiger partial charge is 0.234 e. The average Bonchev–Trinajstić information content (AvgIpc) is 3.07. The van der Waals surface area contributed by atoms with Gasteiger partial charge in [-0.05, 0) is 60.5 Å². The number of hydrogen-bond acceptors (Lipinski definition) is 7. The summed E-state index contributed by atoms with van der Waals surface area (Å²) in [6, 6.07) is 36.7. The van der Waals surface area contributed by atoms with E-state index in [4.69, 9.17) is 19.2 Å². The number of anilines is 1. The second-order valence-corrected chi connectivity index (χ2v) is 10.6. The Kier molecular flexibility index (Phi) is 10.1. The van der Waals surface area contributed by atoms with Gasteiger partial charge in [0.25, 0.3) is 0 Å². The quantitative estimate of drug-likeness (QED) is 0.145. The summed E-state index contributed by atoms with van der Waals surface area (Å²) < 4.78 is 17.3. The zero-order valence-electron chi connectivity index (χ0n) is 24.4. The molecule has 0 aliphatic rings. The van der Waals surface area contributed by atoms with E-state index in [9.17, 15) is 10.1 Å². The molecule has 5 rings (SSSR count). The molecule has 0 aliphatic carbocycles. The lowest BCUT2D eigenvalue weighted by atomic mass is 9.99. The van der Waals surface area contributed by atoms with E-state index in [-0.39, 0.29) is 11.7 Å². The van der Waals surface area contributed by atoms with Gasteiger partial charge in [-0.25, -0.2) is 4.98 Å². The SMILES string of the molecule is CCOc1cc(-c2cc(-c3ccccc3)nc(SCC(=O)Nc3ccc(OC)cc3)c2C#N)ccc1OCc1ccccc1. The summed E-state index contributed by atoms with van der Waals surface area (Å²) in [5.74, 6) is 1.75. The van der Waals surface area contributed by atoms with Crippen molar-refractivity contribution in [1.82, 2.24) is 4.98 Å². The predicted octanol–water partition coefficient (Wildman–Crippen LogP) is 8.00. The number of thioether (sulfide) groups is 1. The van der Waals surface area contributed by atoms with Crippen molar-refractivity contribution >= 4 is 23.4 Å².